The Bertz CT molecular complexity index is 610. The number of para-hydroxylation sites is 2. The third-order valence-corrected chi connectivity index (χ3v) is 3.71. The summed E-state index contributed by atoms with van der Waals surface area (Å²) in [7, 11) is 0. The van der Waals surface area contributed by atoms with E-state index >= 15 is 0 Å². The Morgan fingerprint density at radius 2 is 1.65 bits per heavy atom. The number of rotatable bonds is 8. The number of nitrogens with zero attached hydrogens (tertiary/aromatic N) is 1. The van der Waals surface area contributed by atoms with Gasteiger partial charge in [0, 0.05) is 13.1 Å². The van der Waals surface area contributed by atoms with Crippen molar-refractivity contribution in [2.24, 2.45) is 0 Å². The third kappa shape index (κ3) is 5.11. The summed E-state index contributed by atoms with van der Waals surface area (Å²) >= 11 is 0. The second-order valence-electron chi connectivity index (χ2n) is 5.19. The van der Waals surface area contributed by atoms with Crippen molar-refractivity contribution in [3.05, 3.63) is 60.2 Å². The minimum atomic E-state index is -0.108. The predicted octanol–water partition coefficient (Wildman–Crippen LogP) is 3.55. The van der Waals surface area contributed by atoms with Crippen molar-refractivity contribution in [1.29, 1.82) is 0 Å². The van der Waals surface area contributed by atoms with Crippen LogP contribution in [0.4, 0.5) is 0 Å². The van der Waals surface area contributed by atoms with E-state index < -0.39 is 0 Å². The number of hydrogen-bond donors (Lipinski definition) is 1. The maximum Gasteiger partial charge on any atom is 0.255 e. The Kier molecular flexibility index (Phi) is 6.63. The first-order valence-electron chi connectivity index (χ1n) is 8.07. The molecule has 122 valence electrons. The van der Waals surface area contributed by atoms with Crippen LogP contribution < -0.4 is 10.1 Å². The van der Waals surface area contributed by atoms with Gasteiger partial charge in [0.2, 0.25) is 0 Å². The van der Waals surface area contributed by atoms with Gasteiger partial charge >= 0.3 is 0 Å². The lowest BCUT2D eigenvalue weighted by atomic mass is 10.2. The fraction of sp³-hybridized carbons (Fsp3) is 0.316. The van der Waals surface area contributed by atoms with Gasteiger partial charge in [0.05, 0.1) is 5.56 Å². The molecule has 0 radical (unpaired) electrons. The van der Waals surface area contributed by atoms with Crippen molar-refractivity contribution in [1.82, 2.24) is 10.2 Å². The van der Waals surface area contributed by atoms with E-state index in [2.05, 4.69) is 24.1 Å². The lowest BCUT2D eigenvalue weighted by Crippen LogP contribution is -2.34. The number of benzene rings is 2. The van der Waals surface area contributed by atoms with Crippen LogP contribution in [-0.2, 0) is 0 Å². The largest absolute Gasteiger partial charge is 0.457 e. The molecule has 0 aliphatic rings. The minimum Gasteiger partial charge on any atom is -0.457 e. The van der Waals surface area contributed by atoms with E-state index in [-0.39, 0.29) is 5.91 Å². The van der Waals surface area contributed by atoms with Crippen LogP contribution in [0.1, 0.15) is 24.2 Å². The van der Waals surface area contributed by atoms with Gasteiger partial charge in [0.25, 0.3) is 5.91 Å². The normalized spacial score (nSPS) is 10.6. The Morgan fingerprint density at radius 1 is 1.00 bits per heavy atom. The van der Waals surface area contributed by atoms with Crippen molar-refractivity contribution in [3.63, 3.8) is 0 Å². The molecule has 2 aromatic rings. The van der Waals surface area contributed by atoms with Crippen molar-refractivity contribution in [2.45, 2.75) is 13.8 Å². The van der Waals surface area contributed by atoms with Gasteiger partial charge in [-0.05, 0) is 37.4 Å². The van der Waals surface area contributed by atoms with E-state index in [0.717, 1.165) is 25.4 Å². The lowest BCUT2D eigenvalue weighted by Gasteiger charge is -2.18. The van der Waals surface area contributed by atoms with Crippen LogP contribution >= 0.6 is 0 Å². The molecule has 0 aromatic heterocycles. The highest BCUT2D eigenvalue weighted by molar-refractivity contribution is 5.97. The second kappa shape index (κ2) is 8.96. The average molecular weight is 312 g/mol. The van der Waals surface area contributed by atoms with Crippen LogP contribution in [0.5, 0.6) is 11.5 Å². The summed E-state index contributed by atoms with van der Waals surface area (Å²) in [5.74, 6) is 1.18. The van der Waals surface area contributed by atoms with Gasteiger partial charge < -0.3 is 15.0 Å². The quantitative estimate of drug-likeness (QED) is 0.810. The van der Waals surface area contributed by atoms with E-state index in [1.54, 1.807) is 6.07 Å². The average Bonchev–Trinajstić information content (AvgIpc) is 2.60. The molecule has 0 unspecified atom stereocenters. The van der Waals surface area contributed by atoms with Gasteiger partial charge in [-0.3, -0.25) is 4.79 Å². The number of carbonyl (C=O) groups is 1. The summed E-state index contributed by atoms with van der Waals surface area (Å²) < 4.78 is 5.83. The molecular formula is C19H24N2O2. The van der Waals surface area contributed by atoms with E-state index in [4.69, 9.17) is 4.74 Å². The fourth-order valence-electron chi connectivity index (χ4n) is 2.32. The van der Waals surface area contributed by atoms with Crippen molar-refractivity contribution in [2.75, 3.05) is 26.2 Å². The van der Waals surface area contributed by atoms with Crippen LogP contribution in [-0.4, -0.2) is 37.0 Å². The lowest BCUT2D eigenvalue weighted by molar-refractivity contribution is 0.0946. The zero-order valence-corrected chi connectivity index (χ0v) is 13.8. The SMILES string of the molecule is CCN(CC)CCNC(=O)c1ccccc1Oc1ccccc1. The molecule has 0 bridgehead atoms. The first kappa shape index (κ1) is 17.0. The summed E-state index contributed by atoms with van der Waals surface area (Å²) in [5.41, 5.74) is 0.552. The van der Waals surface area contributed by atoms with Crippen LogP contribution in [0.15, 0.2) is 54.6 Å². The molecule has 2 aromatic carbocycles. The Morgan fingerprint density at radius 3 is 2.35 bits per heavy atom. The van der Waals surface area contributed by atoms with Gasteiger partial charge in [-0.15, -0.1) is 0 Å². The summed E-state index contributed by atoms with van der Waals surface area (Å²) in [6.45, 7) is 7.68. The smallest absolute Gasteiger partial charge is 0.255 e. The van der Waals surface area contributed by atoms with Gasteiger partial charge in [0.15, 0.2) is 0 Å². The van der Waals surface area contributed by atoms with Crippen LogP contribution in [0.25, 0.3) is 0 Å². The summed E-state index contributed by atoms with van der Waals surface area (Å²) in [4.78, 5) is 14.7. The van der Waals surface area contributed by atoms with Crippen LogP contribution in [0.2, 0.25) is 0 Å². The third-order valence-electron chi connectivity index (χ3n) is 3.71. The molecule has 1 amide bonds. The molecule has 0 saturated carbocycles. The van der Waals surface area contributed by atoms with Gasteiger partial charge in [-0.2, -0.15) is 0 Å². The molecule has 0 spiro atoms. The van der Waals surface area contributed by atoms with Crippen LogP contribution in [0.3, 0.4) is 0 Å². The molecule has 4 nitrogen and oxygen atoms in total. The van der Waals surface area contributed by atoms with E-state index in [9.17, 15) is 4.79 Å². The van der Waals surface area contributed by atoms with E-state index in [1.165, 1.54) is 0 Å². The Hall–Kier alpha value is -2.33. The zero-order valence-electron chi connectivity index (χ0n) is 13.8. The minimum absolute atomic E-state index is 0.108. The van der Waals surface area contributed by atoms with Crippen molar-refractivity contribution >= 4 is 5.91 Å². The first-order valence-corrected chi connectivity index (χ1v) is 8.07. The second-order valence-corrected chi connectivity index (χ2v) is 5.19. The standard InChI is InChI=1S/C19H24N2O2/c1-3-21(4-2)15-14-20-19(22)17-12-8-9-13-18(17)23-16-10-6-5-7-11-16/h5-13H,3-4,14-15H2,1-2H3,(H,20,22). The number of amides is 1. The summed E-state index contributed by atoms with van der Waals surface area (Å²) in [6.07, 6.45) is 0. The molecule has 4 heteroatoms. The molecule has 0 aliphatic heterocycles. The Labute approximate surface area is 138 Å². The fourth-order valence-corrected chi connectivity index (χ4v) is 2.32. The zero-order chi connectivity index (χ0) is 16.5. The number of likely N-dealkylation sites (N-methyl/N-ethyl adjacent to an activating group) is 1. The maximum absolute atomic E-state index is 12.4. The van der Waals surface area contributed by atoms with Gasteiger partial charge in [-0.25, -0.2) is 0 Å². The van der Waals surface area contributed by atoms with Gasteiger partial charge in [-0.1, -0.05) is 44.2 Å². The molecule has 23 heavy (non-hydrogen) atoms. The number of nitrogens with one attached hydrogen (secondary N) is 1. The highest BCUT2D eigenvalue weighted by Crippen LogP contribution is 2.24. The molecule has 0 heterocycles. The Balaban J connectivity index is 2.00. The van der Waals surface area contributed by atoms with Crippen molar-refractivity contribution < 1.29 is 9.53 Å². The first-order chi connectivity index (χ1) is 11.2. The molecule has 2 rings (SSSR count). The van der Waals surface area contributed by atoms with Gasteiger partial charge in [0.1, 0.15) is 11.5 Å². The number of ether oxygens (including phenoxy) is 1. The highest BCUT2D eigenvalue weighted by atomic mass is 16.5. The molecule has 0 atom stereocenters. The highest BCUT2D eigenvalue weighted by Gasteiger charge is 2.12. The molecular weight excluding hydrogens is 288 g/mol. The molecule has 0 saturated heterocycles. The number of carbonyl (C=O) groups excluding carboxylic acids is 1. The number of hydrogen-bond acceptors (Lipinski definition) is 3. The summed E-state index contributed by atoms with van der Waals surface area (Å²) in [6, 6.07) is 16.8. The van der Waals surface area contributed by atoms with Crippen LogP contribution in [0, 0.1) is 0 Å². The molecule has 0 fully saturated rings. The molecule has 1 N–H and O–H groups in total. The predicted molar refractivity (Wildman–Crippen MR) is 93.1 cm³/mol. The van der Waals surface area contributed by atoms with Crippen molar-refractivity contribution in [3.8, 4) is 11.5 Å². The topological polar surface area (TPSA) is 41.6 Å². The van der Waals surface area contributed by atoms with E-state index in [1.807, 2.05) is 48.5 Å². The van der Waals surface area contributed by atoms with E-state index in [0.29, 0.717) is 17.9 Å². The maximum atomic E-state index is 12.4. The summed E-state index contributed by atoms with van der Waals surface area (Å²) in [5, 5.41) is 2.96. The monoisotopic (exact) mass is 312 g/mol. The molecule has 0 aliphatic carbocycles.